The van der Waals surface area contributed by atoms with Gasteiger partial charge in [0.05, 0.1) is 18.4 Å². The Kier molecular flexibility index (Phi) is 4.52. The maximum Gasteiger partial charge on any atom is 0.339 e. The first-order valence-corrected chi connectivity index (χ1v) is 6.59. The van der Waals surface area contributed by atoms with Crippen molar-refractivity contribution in [1.29, 1.82) is 0 Å². The van der Waals surface area contributed by atoms with Crippen molar-refractivity contribution in [3.05, 3.63) is 59.0 Å². The first kappa shape index (κ1) is 15.0. The standard InChI is InChI=1S/C16H17FN2O2/c1-10(12-4-6-13(17)7-5-12)18-15-9-8-14(11(2)19-15)16(20)21-3/h4-10H,1-3H3,(H,18,19). The number of aromatic nitrogens is 1. The molecule has 1 atom stereocenters. The highest BCUT2D eigenvalue weighted by atomic mass is 19.1. The lowest BCUT2D eigenvalue weighted by atomic mass is 10.1. The van der Waals surface area contributed by atoms with E-state index in [9.17, 15) is 9.18 Å². The smallest absolute Gasteiger partial charge is 0.339 e. The molecule has 0 aliphatic rings. The minimum absolute atomic E-state index is 0.0264. The van der Waals surface area contributed by atoms with E-state index < -0.39 is 5.97 Å². The molecule has 0 radical (unpaired) electrons. The third-order valence-electron chi connectivity index (χ3n) is 3.23. The predicted octanol–water partition coefficient (Wildman–Crippen LogP) is 3.49. The molecule has 2 rings (SSSR count). The fraction of sp³-hybridized carbons (Fsp3) is 0.250. The molecule has 0 aliphatic heterocycles. The van der Waals surface area contributed by atoms with E-state index >= 15 is 0 Å². The van der Waals surface area contributed by atoms with E-state index in [0.29, 0.717) is 17.1 Å². The number of pyridine rings is 1. The Labute approximate surface area is 123 Å². The number of benzene rings is 1. The lowest BCUT2D eigenvalue weighted by Gasteiger charge is -2.16. The molecule has 1 unspecified atom stereocenters. The lowest BCUT2D eigenvalue weighted by Crippen LogP contribution is -2.10. The van der Waals surface area contributed by atoms with Crippen molar-refractivity contribution >= 4 is 11.8 Å². The van der Waals surface area contributed by atoms with Crippen LogP contribution in [0.1, 0.15) is 34.6 Å². The molecule has 110 valence electrons. The van der Waals surface area contributed by atoms with Crippen molar-refractivity contribution in [2.24, 2.45) is 0 Å². The van der Waals surface area contributed by atoms with Gasteiger partial charge in [-0.15, -0.1) is 0 Å². The van der Waals surface area contributed by atoms with Gasteiger partial charge in [-0.2, -0.15) is 0 Å². The van der Waals surface area contributed by atoms with Crippen LogP contribution in [0.25, 0.3) is 0 Å². The van der Waals surface area contributed by atoms with Crippen LogP contribution in [-0.4, -0.2) is 18.1 Å². The van der Waals surface area contributed by atoms with Gasteiger partial charge in [0.2, 0.25) is 0 Å². The average Bonchev–Trinajstić information content (AvgIpc) is 2.47. The van der Waals surface area contributed by atoms with Crippen molar-refractivity contribution < 1.29 is 13.9 Å². The van der Waals surface area contributed by atoms with Crippen LogP contribution in [0, 0.1) is 12.7 Å². The Morgan fingerprint density at radius 3 is 2.48 bits per heavy atom. The molecule has 21 heavy (non-hydrogen) atoms. The highest BCUT2D eigenvalue weighted by molar-refractivity contribution is 5.90. The zero-order valence-corrected chi connectivity index (χ0v) is 12.2. The number of hydrogen-bond acceptors (Lipinski definition) is 4. The first-order chi connectivity index (χ1) is 10.0. The van der Waals surface area contributed by atoms with Gasteiger partial charge in [-0.25, -0.2) is 14.2 Å². The molecule has 0 saturated carbocycles. The molecule has 5 heteroatoms. The third-order valence-corrected chi connectivity index (χ3v) is 3.23. The number of nitrogens with one attached hydrogen (secondary N) is 1. The van der Waals surface area contributed by atoms with E-state index in [2.05, 4.69) is 15.0 Å². The number of halogens is 1. The number of rotatable bonds is 4. The Bertz CT molecular complexity index is 641. The summed E-state index contributed by atoms with van der Waals surface area (Å²) in [7, 11) is 1.34. The van der Waals surface area contributed by atoms with Crippen molar-refractivity contribution in [3.63, 3.8) is 0 Å². The Morgan fingerprint density at radius 1 is 1.24 bits per heavy atom. The summed E-state index contributed by atoms with van der Waals surface area (Å²) in [6, 6.07) is 9.67. The van der Waals surface area contributed by atoms with Crippen LogP contribution in [0.4, 0.5) is 10.2 Å². The molecule has 1 heterocycles. The number of carbonyl (C=O) groups excluding carboxylic acids is 1. The monoisotopic (exact) mass is 288 g/mol. The summed E-state index contributed by atoms with van der Waals surface area (Å²) in [5.41, 5.74) is 1.99. The quantitative estimate of drug-likeness (QED) is 0.875. The van der Waals surface area contributed by atoms with Gasteiger partial charge >= 0.3 is 5.97 Å². The number of anilines is 1. The molecule has 2 aromatic rings. The van der Waals surface area contributed by atoms with E-state index in [0.717, 1.165) is 5.56 Å². The summed E-state index contributed by atoms with van der Waals surface area (Å²) < 4.78 is 17.6. The van der Waals surface area contributed by atoms with E-state index in [1.807, 2.05) is 6.92 Å². The average molecular weight is 288 g/mol. The summed E-state index contributed by atoms with van der Waals surface area (Å²) in [6.45, 7) is 3.71. The van der Waals surface area contributed by atoms with Gasteiger partial charge in [-0.05, 0) is 43.7 Å². The predicted molar refractivity (Wildman–Crippen MR) is 78.8 cm³/mol. The molecule has 0 amide bonds. The molecule has 1 aromatic heterocycles. The summed E-state index contributed by atoms with van der Waals surface area (Å²) in [4.78, 5) is 15.8. The zero-order chi connectivity index (χ0) is 15.4. The Morgan fingerprint density at radius 2 is 1.90 bits per heavy atom. The fourth-order valence-corrected chi connectivity index (χ4v) is 2.02. The van der Waals surface area contributed by atoms with Crippen LogP contribution >= 0.6 is 0 Å². The van der Waals surface area contributed by atoms with E-state index in [-0.39, 0.29) is 11.9 Å². The van der Waals surface area contributed by atoms with Crippen LogP contribution < -0.4 is 5.32 Å². The molecular formula is C16H17FN2O2. The van der Waals surface area contributed by atoms with Crippen LogP contribution in [0.2, 0.25) is 0 Å². The summed E-state index contributed by atoms with van der Waals surface area (Å²) >= 11 is 0. The van der Waals surface area contributed by atoms with Gasteiger partial charge in [-0.3, -0.25) is 0 Å². The molecular weight excluding hydrogens is 271 g/mol. The van der Waals surface area contributed by atoms with Crippen molar-refractivity contribution in [3.8, 4) is 0 Å². The van der Waals surface area contributed by atoms with E-state index in [1.54, 1.807) is 31.2 Å². The number of esters is 1. The molecule has 0 aliphatic carbocycles. The number of methoxy groups -OCH3 is 1. The van der Waals surface area contributed by atoms with Crippen molar-refractivity contribution in [1.82, 2.24) is 4.98 Å². The number of ether oxygens (including phenoxy) is 1. The topological polar surface area (TPSA) is 51.2 Å². The zero-order valence-electron chi connectivity index (χ0n) is 12.2. The summed E-state index contributed by atoms with van der Waals surface area (Å²) in [6.07, 6.45) is 0. The maximum absolute atomic E-state index is 12.9. The van der Waals surface area contributed by atoms with Gasteiger partial charge in [0, 0.05) is 6.04 Å². The molecule has 0 fully saturated rings. The molecule has 0 spiro atoms. The highest BCUT2D eigenvalue weighted by Gasteiger charge is 2.12. The van der Waals surface area contributed by atoms with Crippen LogP contribution in [0.3, 0.4) is 0 Å². The van der Waals surface area contributed by atoms with Crippen molar-refractivity contribution in [2.45, 2.75) is 19.9 Å². The second kappa shape index (κ2) is 6.35. The normalized spacial score (nSPS) is 11.8. The van der Waals surface area contributed by atoms with E-state index in [1.165, 1.54) is 19.2 Å². The van der Waals surface area contributed by atoms with Gasteiger partial charge in [-0.1, -0.05) is 12.1 Å². The maximum atomic E-state index is 12.9. The SMILES string of the molecule is COC(=O)c1ccc(NC(C)c2ccc(F)cc2)nc1C. The minimum Gasteiger partial charge on any atom is -0.465 e. The molecule has 1 aromatic carbocycles. The minimum atomic E-state index is -0.405. The molecule has 0 bridgehead atoms. The Balaban J connectivity index is 2.14. The molecule has 1 N–H and O–H groups in total. The number of carbonyl (C=O) groups is 1. The number of nitrogens with zero attached hydrogens (tertiary/aromatic N) is 1. The van der Waals surface area contributed by atoms with Crippen LogP contribution in [0.5, 0.6) is 0 Å². The highest BCUT2D eigenvalue weighted by Crippen LogP contribution is 2.19. The number of aryl methyl sites for hydroxylation is 1. The van der Waals surface area contributed by atoms with Gasteiger partial charge in [0.15, 0.2) is 0 Å². The van der Waals surface area contributed by atoms with Gasteiger partial charge < -0.3 is 10.1 Å². The van der Waals surface area contributed by atoms with Crippen molar-refractivity contribution in [2.75, 3.05) is 12.4 Å². The Hall–Kier alpha value is -2.43. The van der Waals surface area contributed by atoms with Crippen LogP contribution in [-0.2, 0) is 4.74 Å². The third kappa shape index (κ3) is 3.56. The van der Waals surface area contributed by atoms with Crippen LogP contribution in [0.15, 0.2) is 36.4 Å². The number of hydrogen-bond donors (Lipinski definition) is 1. The second-order valence-electron chi connectivity index (χ2n) is 4.74. The lowest BCUT2D eigenvalue weighted by molar-refractivity contribution is 0.0599. The largest absolute Gasteiger partial charge is 0.465 e. The van der Waals surface area contributed by atoms with Gasteiger partial charge in [0.25, 0.3) is 0 Å². The molecule has 4 nitrogen and oxygen atoms in total. The first-order valence-electron chi connectivity index (χ1n) is 6.59. The molecule has 0 saturated heterocycles. The van der Waals surface area contributed by atoms with Gasteiger partial charge in [0.1, 0.15) is 11.6 Å². The summed E-state index contributed by atoms with van der Waals surface area (Å²) in [5.74, 6) is -0.0162. The van der Waals surface area contributed by atoms with E-state index in [4.69, 9.17) is 0 Å². The summed E-state index contributed by atoms with van der Waals surface area (Å²) in [5, 5.41) is 3.22. The fourth-order valence-electron chi connectivity index (χ4n) is 2.02. The second-order valence-corrected chi connectivity index (χ2v) is 4.74.